The summed E-state index contributed by atoms with van der Waals surface area (Å²) in [5, 5.41) is 13.8. The molecule has 1 aromatic heterocycles. The zero-order valence-electron chi connectivity index (χ0n) is 12.0. The lowest BCUT2D eigenvalue weighted by Crippen LogP contribution is -2.01. The lowest BCUT2D eigenvalue weighted by molar-refractivity contribution is -0.384. The van der Waals surface area contributed by atoms with Crippen LogP contribution in [0.4, 0.5) is 11.7 Å². The Morgan fingerprint density at radius 3 is 2.90 bits per heavy atom. The van der Waals surface area contributed by atoms with Crippen LogP contribution in [-0.2, 0) is 0 Å². The Kier molecular flexibility index (Phi) is 5.86. The molecule has 0 aliphatic heterocycles. The van der Waals surface area contributed by atoms with E-state index in [1.165, 1.54) is 37.1 Å². The average molecular weight is 309 g/mol. The Hall–Kier alpha value is -1.76. The third-order valence-corrected chi connectivity index (χ3v) is 3.83. The first-order valence-electron chi connectivity index (χ1n) is 6.98. The molecule has 0 atom stereocenters. The number of aromatic nitrogens is 1. The van der Waals surface area contributed by atoms with E-state index in [0.29, 0.717) is 17.1 Å². The number of oxazole rings is 1. The van der Waals surface area contributed by atoms with E-state index in [2.05, 4.69) is 16.6 Å². The summed E-state index contributed by atoms with van der Waals surface area (Å²) in [7, 11) is 0. The number of nitro groups is 1. The van der Waals surface area contributed by atoms with Crippen molar-refractivity contribution in [3.8, 4) is 0 Å². The van der Waals surface area contributed by atoms with E-state index in [4.69, 9.17) is 4.42 Å². The number of rotatable bonds is 9. The van der Waals surface area contributed by atoms with Gasteiger partial charge < -0.3 is 9.73 Å². The van der Waals surface area contributed by atoms with E-state index < -0.39 is 4.92 Å². The van der Waals surface area contributed by atoms with Crippen molar-refractivity contribution in [2.45, 2.75) is 25.7 Å². The number of non-ortho nitro benzene ring substituents is 1. The molecule has 0 aliphatic rings. The summed E-state index contributed by atoms with van der Waals surface area (Å²) in [6, 6.07) is 4.86. The van der Waals surface area contributed by atoms with Gasteiger partial charge >= 0.3 is 0 Å². The second-order valence-corrected chi connectivity index (χ2v) is 5.75. The second-order valence-electron chi connectivity index (χ2n) is 4.76. The highest BCUT2D eigenvalue weighted by molar-refractivity contribution is 7.98. The molecule has 2 aromatic rings. The molecule has 7 heteroatoms. The van der Waals surface area contributed by atoms with Gasteiger partial charge in [0.15, 0.2) is 5.58 Å². The van der Waals surface area contributed by atoms with Gasteiger partial charge in [-0.1, -0.05) is 12.8 Å². The molecule has 21 heavy (non-hydrogen) atoms. The Labute approximate surface area is 127 Å². The summed E-state index contributed by atoms with van der Waals surface area (Å²) >= 11 is 1.88. The number of benzene rings is 1. The molecule has 0 unspecified atom stereocenters. The number of nitro benzene ring substituents is 1. The summed E-state index contributed by atoms with van der Waals surface area (Å²) in [5.41, 5.74) is 1.08. The number of fused-ring (bicyclic) bond motifs is 1. The highest BCUT2D eigenvalue weighted by Gasteiger charge is 2.11. The van der Waals surface area contributed by atoms with Gasteiger partial charge in [-0.05, 0) is 30.9 Å². The van der Waals surface area contributed by atoms with E-state index in [0.717, 1.165) is 13.0 Å². The highest BCUT2D eigenvalue weighted by atomic mass is 32.2. The molecule has 114 valence electrons. The normalized spacial score (nSPS) is 10.9. The topological polar surface area (TPSA) is 81.2 Å². The SMILES string of the molecule is CSCCCCCCNc1nc2ccc([N+](=O)[O-])cc2o1. The summed E-state index contributed by atoms with van der Waals surface area (Å²) in [6.07, 6.45) is 6.86. The second kappa shape index (κ2) is 7.87. The van der Waals surface area contributed by atoms with Gasteiger partial charge in [0, 0.05) is 12.6 Å². The van der Waals surface area contributed by atoms with Crippen molar-refractivity contribution in [1.82, 2.24) is 4.98 Å². The molecule has 1 aromatic carbocycles. The fraction of sp³-hybridized carbons (Fsp3) is 0.500. The number of hydrogen-bond acceptors (Lipinski definition) is 6. The molecule has 6 nitrogen and oxygen atoms in total. The number of anilines is 1. The van der Waals surface area contributed by atoms with Crippen molar-refractivity contribution in [3.05, 3.63) is 28.3 Å². The molecule has 0 radical (unpaired) electrons. The number of thioether (sulfide) groups is 1. The lowest BCUT2D eigenvalue weighted by Gasteiger charge is -2.01. The first-order chi connectivity index (χ1) is 10.2. The number of hydrogen-bond donors (Lipinski definition) is 1. The van der Waals surface area contributed by atoms with E-state index in [9.17, 15) is 10.1 Å². The Morgan fingerprint density at radius 2 is 2.14 bits per heavy atom. The zero-order valence-corrected chi connectivity index (χ0v) is 12.8. The number of unbranched alkanes of at least 4 members (excludes halogenated alkanes) is 3. The molecule has 1 heterocycles. The first kappa shape index (κ1) is 15.6. The van der Waals surface area contributed by atoms with Gasteiger partial charge in [-0.25, -0.2) is 0 Å². The van der Waals surface area contributed by atoms with E-state index in [-0.39, 0.29) is 5.69 Å². The Bertz CT molecular complexity index is 600. The fourth-order valence-electron chi connectivity index (χ4n) is 2.02. The van der Waals surface area contributed by atoms with Crippen LogP contribution in [0, 0.1) is 10.1 Å². The molecule has 0 fully saturated rings. The van der Waals surface area contributed by atoms with Crippen LogP contribution in [0.5, 0.6) is 0 Å². The Balaban J connectivity index is 1.81. The van der Waals surface area contributed by atoms with Crippen LogP contribution in [0.1, 0.15) is 25.7 Å². The van der Waals surface area contributed by atoms with Gasteiger partial charge in [0.25, 0.3) is 11.7 Å². The van der Waals surface area contributed by atoms with E-state index >= 15 is 0 Å². The van der Waals surface area contributed by atoms with Crippen molar-refractivity contribution in [1.29, 1.82) is 0 Å². The average Bonchev–Trinajstić information content (AvgIpc) is 2.88. The highest BCUT2D eigenvalue weighted by Crippen LogP contribution is 2.23. The molecule has 0 saturated heterocycles. The van der Waals surface area contributed by atoms with Gasteiger partial charge in [0.2, 0.25) is 0 Å². The minimum absolute atomic E-state index is 0.0130. The van der Waals surface area contributed by atoms with Crippen LogP contribution in [0.2, 0.25) is 0 Å². The van der Waals surface area contributed by atoms with Gasteiger partial charge in [0.1, 0.15) is 5.52 Å². The van der Waals surface area contributed by atoms with Gasteiger partial charge in [-0.15, -0.1) is 0 Å². The molecule has 0 bridgehead atoms. The van der Waals surface area contributed by atoms with Crippen molar-refractivity contribution in [2.24, 2.45) is 0 Å². The maximum absolute atomic E-state index is 10.7. The standard InChI is InChI=1S/C14H19N3O3S/c1-21-9-5-3-2-4-8-15-14-16-12-7-6-11(17(18)19)10-13(12)20-14/h6-7,10H,2-5,8-9H2,1H3,(H,15,16). The van der Waals surface area contributed by atoms with E-state index in [1.807, 2.05) is 11.8 Å². The van der Waals surface area contributed by atoms with Crippen LogP contribution < -0.4 is 5.32 Å². The first-order valence-corrected chi connectivity index (χ1v) is 8.38. The minimum atomic E-state index is -0.441. The number of nitrogens with zero attached hydrogens (tertiary/aromatic N) is 2. The summed E-state index contributed by atoms with van der Waals surface area (Å²) in [6.45, 7) is 0.800. The molecular formula is C14H19N3O3S. The van der Waals surface area contributed by atoms with Crippen LogP contribution in [-0.4, -0.2) is 28.5 Å². The summed E-state index contributed by atoms with van der Waals surface area (Å²) < 4.78 is 5.47. The third kappa shape index (κ3) is 4.63. The van der Waals surface area contributed by atoms with Crippen molar-refractivity contribution < 1.29 is 9.34 Å². The summed E-state index contributed by atoms with van der Waals surface area (Å²) in [5.74, 6) is 1.22. The van der Waals surface area contributed by atoms with Crippen LogP contribution in [0.25, 0.3) is 11.1 Å². The molecule has 0 saturated carbocycles. The lowest BCUT2D eigenvalue weighted by atomic mass is 10.2. The predicted molar refractivity (Wildman–Crippen MR) is 86.0 cm³/mol. The van der Waals surface area contributed by atoms with Gasteiger partial charge in [0.05, 0.1) is 11.0 Å². The minimum Gasteiger partial charge on any atom is -0.423 e. The third-order valence-electron chi connectivity index (χ3n) is 3.13. The van der Waals surface area contributed by atoms with E-state index in [1.54, 1.807) is 6.07 Å². The quantitative estimate of drug-likeness (QED) is 0.427. The monoisotopic (exact) mass is 309 g/mol. The van der Waals surface area contributed by atoms with Crippen molar-refractivity contribution in [3.63, 3.8) is 0 Å². The Morgan fingerprint density at radius 1 is 1.33 bits per heavy atom. The maximum Gasteiger partial charge on any atom is 0.295 e. The van der Waals surface area contributed by atoms with Gasteiger partial charge in [-0.2, -0.15) is 16.7 Å². The molecule has 0 aliphatic carbocycles. The molecule has 0 spiro atoms. The van der Waals surface area contributed by atoms with Crippen molar-refractivity contribution >= 4 is 34.6 Å². The van der Waals surface area contributed by atoms with Crippen LogP contribution in [0.15, 0.2) is 22.6 Å². The molecular weight excluding hydrogens is 290 g/mol. The zero-order chi connectivity index (χ0) is 15.1. The van der Waals surface area contributed by atoms with Crippen LogP contribution in [0.3, 0.4) is 0 Å². The van der Waals surface area contributed by atoms with Crippen LogP contribution >= 0.6 is 11.8 Å². The maximum atomic E-state index is 10.7. The summed E-state index contributed by atoms with van der Waals surface area (Å²) in [4.78, 5) is 14.5. The van der Waals surface area contributed by atoms with Gasteiger partial charge in [-0.3, -0.25) is 10.1 Å². The number of nitrogens with one attached hydrogen (secondary N) is 1. The van der Waals surface area contributed by atoms with Crippen molar-refractivity contribution in [2.75, 3.05) is 23.9 Å². The smallest absolute Gasteiger partial charge is 0.295 e. The molecule has 2 rings (SSSR count). The fourth-order valence-corrected chi connectivity index (χ4v) is 2.52. The molecule has 1 N–H and O–H groups in total. The predicted octanol–water partition coefficient (Wildman–Crippen LogP) is 4.07. The largest absolute Gasteiger partial charge is 0.423 e. The molecule has 0 amide bonds.